The molecule has 154 valence electrons. The van der Waals surface area contributed by atoms with E-state index in [1.165, 1.54) is 0 Å². The van der Waals surface area contributed by atoms with Gasteiger partial charge in [0.25, 0.3) is 0 Å². The summed E-state index contributed by atoms with van der Waals surface area (Å²) >= 11 is 0. The van der Waals surface area contributed by atoms with Gasteiger partial charge in [-0.1, -0.05) is 30.3 Å². The Morgan fingerprint density at radius 1 is 1.20 bits per heavy atom. The molecule has 1 fully saturated rings. The molecule has 4 rings (SSSR count). The fourth-order valence-corrected chi connectivity index (χ4v) is 3.64. The van der Waals surface area contributed by atoms with Gasteiger partial charge >= 0.3 is 0 Å². The van der Waals surface area contributed by atoms with E-state index in [-0.39, 0.29) is 18.3 Å². The van der Waals surface area contributed by atoms with Crippen molar-refractivity contribution >= 4 is 11.7 Å². The van der Waals surface area contributed by atoms with Crippen molar-refractivity contribution in [1.29, 1.82) is 0 Å². The van der Waals surface area contributed by atoms with Crippen molar-refractivity contribution in [3.05, 3.63) is 77.5 Å². The highest BCUT2D eigenvalue weighted by Crippen LogP contribution is 2.55. The van der Waals surface area contributed by atoms with E-state index in [1.54, 1.807) is 13.1 Å². The molecule has 0 spiro atoms. The van der Waals surface area contributed by atoms with Gasteiger partial charge in [0.05, 0.1) is 24.4 Å². The fourth-order valence-electron chi connectivity index (χ4n) is 3.64. The number of pyridine rings is 1. The van der Waals surface area contributed by atoms with Gasteiger partial charge < -0.3 is 10.1 Å². The Labute approximate surface area is 172 Å². The van der Waals surface area contributed by atoms with Crippen LogP contribution in [0.5, 0.6) is 5.75 Å². The molecule has 1 amide bonds. The summed E-state index contributed by atoms with van der Waals surface area (Å²) in [5.74, 6) is -1.55. The molecule has 2 atom stereocenters. The second-order valence-corrected chi connectivity index (χ2v) is 7.42. The average molecular weight is 410 g/mol. The number of aromatic nitrogens is 3. The molecule has 2 heterocycles. The van der Waals surface area contributed by atoms with Gasteiger partial charge in [-0.15, -0.1) is 0 Å². The highest BCUT2D eigenvalue weighted by atomic mass is 19.1. The standard InChI is InChI=1S/C22H20F2N4O2/c1-13-18(11-25-14(2)26-13)30-12-22(15-6-4-3-5-7-15)10-17(22)21(29)28-20-9-16(23)8-19(24)27-20/h3-9,11,17H,10,12H2,1-2H3,(H,27,28,29)/t17-,22+/m0/s1. The van der Waals surface area contributed by atoms with Crippen LogP contribution < -0.4 is 10.1 Å². The highest BCUT2D eigenvalue weighted by Gasteiger charge is 2.60. The van der Waals surface area contributed by atoms with Crippen LogP contribution in [0.1, 0.15) is 23.5 Å². The van der Waals surface area contributed by atoms with Gasteiger partial charge in [0.15, 0.2) is 5.75 Å². The van der Waals surface area contributed by atoms with Crippen LogP contribution in [0, 0.1) is 31.5 Å². The third kappa shape index (κ3) is 3.98. The minimum absolute atomic E-state index is 0.157. The van der Waals surface area contributed by atoms with Crippen LogP contribution >= 0.6 is 0 Å². The van der Waals surface area contributed by atoms with Crippen molar-refractivity contribution in [3.63, 3.8) is 0 Å². The van der Waals surface area contributed by atoms with E-state index in [9.17, 15) is 13.6 Å². The van der Waals surface area contributed by atoms with Gasteiger partial charge in [-0.25, -0.2) is 19.3 Å². The maximum absolute atomic E-state index is 13.4. The number of aryl methyl sites for hydroxylation is 2. The average Bonchev–Trinajstić information content (AvgIpc) is 3.43. The van der Waals surface area contributed by atoms with Gasteiger partial charge in [-0.05, 0) is 25.8 Å². The number of halogens is 2. The van der Waals surface area contributed by atoms with Crippen molar-refractivity contribution in [3.8, 4) is 5.75 Å². The number of anilines is 1. The zero-order chi connectivity index (χ0) is 21.3. The minimum atomic E-state index is -0.992. The maximum Gasteiger partial charge on any atom is 0.229 e. The van der Waals surface area contributed by atoms with Gasteiger partial charge in [-0.2, -0.15) is 4.39 Å². The Hall–Kier alpha value is -3.42. The van der Waals surface area contributed by atoms with Crippen molar-refractivity contribution in [1.82, 2.24) is 15.0 Å². The number of carbonyl (C=O) groups excluding carboxylic acids is 1. The molecule has 0 bridgehead atoms. The molecular formula is C22H20F2N4O2. The van der Waals surface area contributed by atoms with E-state index in [2.05, 4.69) is 20.3 Å². The summed E-state index contributed by atoms with van der Waals surface area (Å²) in [6, 6.07) is 11.2. The molecule has 8 heteroatoms. The van der Waals surface area contributed by atoms with E-state index >= 15 is 0 Å². The molecule has 1 aliphatic carbocycles. The lowest BCUT2D eigenvalue weighted by molar-refractivity contribution is -0.117. The zero-order valence-corrected chi connectivity index (χ0v) is 16.5. The molecule has 6 nitrogen and oxygen atoms in total. The second kappa shape index (κ2) is 7.78. The fraction of sp³-hybridized carbons (Fsp3) is 0.273. The molecule has 1 aliphatic rings. The van der Waals surface area contributed by atoms with Gasteiger partial charge in [0, 0.05) is 17.5 Å². The maximum atomic E-state index is 13.4. The van der Waals surface area contributed by atoms with E-state index in [0.717, 1.165) is 11.6 Å². The summed E-state index contributed by atoms with van der Waals surface area (Å²) in [6.45, 7) is 3.88. The molecule has 0 radical (unpaired) electrons. The van der Waals surface area contributed by atoms with Crippen LogP contribution in [-0.4, -0.2) is 27.5 Å². The Bertz CT molecular complexity index is 1070. The van der Waals surface area contributed by atoms with Crippen LogP contribution in [0.2, 0.25) is 0 Å². The molecule has 1 N–H and O–H groups in total. The third-order valence-corrected chi connectivity index (χ3v) is 5.29. The minimum Gasteiger partial charge on any atom is -0.489 e. The number of hydrogen-bond acceptors (Lipinski definition) is 5. The van der Waals surface area contributed by atoms with Crippen molar-refractivity contribution in [2.45, 2.75) is 25.7 Å². The summed E-state index contributed by atoms with van der Waals surface area (Å²) in [4.78, 5) is 24.8. The molecule has 0 unspecified atom stereocenters. The third-order valence-electron chi connectivity index (χ3n) is 5.29. The van der Waals surface area contributed by atoms with Gasteiger partial charge in [0.1, 0.15) is 17.5 Å². The van der Waals surface area contributed by atoms with Crippen molar-refractivity contribution < 1.29 is 18.3 Å². The van der Waals surface area contributed by atoms with Crippen molar-refractivity contribution in [2.75, 3.05) is 11.9 Å². The number of amides is 1. The number of nitrogens with one attached hydrogen (secondary N) is 1. The van der Waals surface area contributed by atoms with Crippen LogP contribution in [-0.2, 0) is 10.2 Å². The quantitative estimate of drug-likeness (QED) is 0.627. The summed E-state index contributed by atoms with van der Waals surface area (Å²) in [7, 11) is 0. The van der Waals surface area contributed by atoms with E-state index in [0.29, 0.717) is 29.8 Å². The van der Waals surface area contributed by atoms with Crippen LogP contribution in [0.15, 0.2) is 48.7 Å². The largest absolute Gasteiger partial charge is 0.489 e. The topological polar surface area (TPSA) is 77.0 Å². The first-order chi connectivity index (χ1) is 14.4. The number of nitrogens with zero attached hydrogens (tertiary/aromatic N) is 3. The Morgan fingerprint density at radius 3 is 2.67 bits per heavy atom. The summed E-state index contributed by atoms with van der Waals surface area (Å²) in [5.41, 5.74) is 1.11. The first-order valence-electron chi connectivity index (χ1n) is 9.50. The lowest BCUT2D eigenvalue weighted by Gasteiger charge is -2.19. The van der Waals surface area contributed by atoms with Crippen LogP contribution in [0.25, 0.3) is 0 Å². The van der Waals surface area contributed by atoms with Gasteiger partial charge in [0.2, 0.25) is 11.9 Å². The normalized spacial score (nSPS) is 19.9. The second-order valence-electron chi connectivity index (χ2n) is 7.42. The number of carbonyl (C=O) groups is 1. The molecule has 3 aromatic rings. The Kier molecular flexibility index (Phi) is 5.15. The molecule has 30 heavy (non-hydrogen) atoms. The molecule has 0 aliphatic heterocycles. The van der Waals surface area contributed by atoms with E-state index in [4.69, 9.17) is 4.74 Å². The van der Waals surface area contributed by atoms with Crippen LogP contribution in [0.3, 0.4) is 0 Å². The molecular weight excluding hydrogens is 390 g/mol. The summed E-state index contributed by atoms with van der Waals surface area (Å²) in [5, 5.41) is 2.52. The molecule has 0 saturated heterocycles. The first kappa shape index (κ1) is 19.9. The number of ether oxygens (including phenoxy) is 1. The predicted molar refractivity (Wildman–Crippen MR) is 106 cm³/mol. The summed E-state index contributed by atoms with van der Waals surface area (Å²) < 4.78 is 32.8. The van der Waals surface area contributed by atoms with Crippen molar-refractivity contribution in [2.24, 2.45) is 5.92 Å². The lowest BCUT2D eigenvalue weighted by Crippen LogP contribution is -2.27. The molecule has 1 saturated carbocycles. The highest BCUT2D eigenvalue weighted by molar-refractivity contribution is 5.95. The first-order valence-corrected chi connectivity index (χ1v) is 9.50. The summed E-state index contributed by atoms with van der Waals surface area (Å²) in [6.07, 6.45) is 2.15. The number of hydrogen-bond donors (Lipinski definition) is 1. The predicted octanol–water partition coefficient (Wildman–Crippen LogP) is 3.74. The van der Waals surface area contributed by atoms with E-state index in [1.807, 2.05) is 37.3 Å². The van der Waals surface area contributed by atoms with E-state index < -0.39 is 23.1 Å². The zero-order valence-electron chi connectivity index (χ0n) is 16.5. The molecule has 1 aromatic carbocycles. The monoisotopic (exact) mass is 410 g/mol. The smallest absolute Gasteiger partial charge is 0.229 e. The lowest BCUT2D eigenvalue weighted by atomic mass is 9.93. The number of benzene rings is 1. The molecule has 2 aromatic heterocycles. The van der Waals surface area contributed by atoms with Crippen LogP contribution in [0.4, 0.5) is 14.6 Å². The SMILES string of the molecule is Cc1ncc(OC[C@@]2(c3ccccc3)C[C@H]2C(=O)Nc2cc(F)cc(F)n2)c(C)n1. The van der Waals surface area contributed by atoms with Gasteiger partial charge in [-0.3, -0.25) is 4.79 Å². The number of rotatable bonds is 6. The Morgan fingerprint density at radius 2 is 1.97 bits per heavy atom. The Balaban J connectivity index is 1.55.